The molecule has 1 fully saturated rings. The highest BCUT2D eigenvalue weighted by molar-refractivity contribution is 5.31. The van der Waals surface area contributed by atoms with Gasteiger partial charge < -0.3 is 14.8 Å². The monoisotopic (exact) mass is 249 g/mol. The molecular weight excluding hydrogens is 226 g/mol. The number of rotatable bonds is 8. The van der Waals surface area contributed by atoms with Crippen molar-refractivity contribution in [2.75, 3.05) is 20.3 Å². The van der Waals surface area contributed by atoms with Gasteiger partial charge in [0.25, 0.3) is 0 Å². The van der Waals surface area contributed by atoms with Crippen molar-refractivity contribution >= 4 is 0 Å². The lowest BCUT2D eigenvalue weighted by atomic mass is 10.2. The molecule has 0 aromatic heterocycles. The average Bonchev–Trinajstić information content (AvgIpc) is 3.23. The molecule has 1 aromatic rings. The minimum atomic E-state index is 0.487. The molecule has 0 spiro atoms. The maximum atomic E-state index is 5.80. The zero-order chi connectivity index (χ0) is 12.8. The molecule has 3 heteroatoms. The molecule has 0 radical (unpaired) electrons. The first-order valence-corrected chi connectivity index (χ1v) is 6.86. The van der Waals surface area contributed by atoms with E-state index in [4.69, 9.17) is 9.47 Å². The fourth-order valence-corrected chi connectivity index (χ4v) is 1.99. The summed E-state index contributed by atoms with van der Waals surface area (Å²) in [6.07, 6.45) is 3.70. The summed E-state index contributed by atoms with van der Waals surface area (Å²) in [6.45, 7) is 3.62. The van der Waals surface area contributed by atoms with E-state index in [1.165, 1.54) is 12.8 Å². The summed E-state index contributed by atoms with van der Waals surface area (Å²) < 4.78 is 11.3. The molecule has 0 amide bonds. The molecule has 1 saturated carbocycles. The highest BCUT2D eigenvalue weighted by Gasteiger charge is 2.30. The van der Waals surface area contributed by atoms with Crippen LogP contribution in [0.25, 0.3) is 0 Å². The van der Waals surface area contributed by atoms with E-state index >= 15 is 0 Å². The second kappa shape index (κ2) is 6.64. The van der Waals surface area contributed by atoms with Crippen LogP contribution in [0.1, 0.15) is 26.2 Å². The zero-order valence-corrected chi connectivity index (χ0v) is 11.3. The molecular formula is C15H23NO2. The summed E-state index contributed by atoms with van der Waals surface area (Å²) in [5.41, 5.74) is 0. The summed E-state index contributed by atoms with van der Waals surface area (Å²) in [6, 6.07) is 8.38. The molecule has 100 valence electrons. The van der Waals surface area contributed by atoms with Crippen LogP contribution < -0.4 is 14.8 Å². The van der Waals surface area contributed by atoms with Gasteiger partial charge in [0.1, 0.15) is 18.1 Å². The molecule has 3 nitrogen and oxygen atoms in total. The van der Waals surface area contributed by atoms with Crippen LogP contribution in [0.2, 0.25) is 0 Å². The first-order chi connectivity index (χ1) is 8.83. The Hall–Kier alpha value is -1.22. The third kappa shape index (κ3) is 3.91. The predicted octanol–water partition coefficient (Wildman–Crippen LogP) is 2.85. The summed E-state index contributed by atoms with van der Waals surface area (Å²) in [5, 5.41) is 3.32. The van der Waals surface area contributed by atoms with Crippen LogP contribution in [0.3, 0.4) is 0 Å². The molecule has 0 heterocycles. The summed E-state index contributed by atoms with van der Waals surface area (Å²) in [7, 11) is 2.01. The van der Waals surface area contributed by atoms with Crippen LogP contribution in [0, 0.1) is 5.92 Å². The Bertz CT molecular complexity index is 346. The third-order valence-corrected chi connectivity index (χ3v) is 3.29. The van der Waals surface area contributed by atoms with Crippen LogP contribution in [-0.4, -0.2) is 26.3 Å². The van der Waals surface area contributed by atoms with Crippen molar-refractivity contribution in [2.45, 2.75) is 32.2 Å². The van der Waals surface area contributed by atoms with Crippen LogP contribution in [0.15, 0.2) is 24.3 Å². The van der Waals surface area contributed by atoms with Crippen molar-refractivity contribution in [3.8, 4) is 11.5 Å². The smallest absolute Gasteiger partial charge is 0.119 e. The van der Waals surface area contributed by atoms with Gasteiger partial charge >= 0.3 is 0 Å². The molecule has 18 heavy (non-hydrogen) atoms. The van der Waals surface area contributed by atoms with Crippen LogP contribution in [-0.2, 0) is 0 Å². The SMILES string of the molecule is CCCOc1ccc(OCC(NC)C2CC2)cc1. The topological polar surface area (TPSA) is 30.5 Å². The predicted molar refractivity (Wildman–Crippen MR) is 73.3 cm³/mol. The van der Waals surface area contributed by atoms with E-state index in [1.807, 2.05) is 31.3 Å². The van der Waals surface area contributed by atoms with E-state index < -0.39 is 0 Å². The fraction of sp³-hybridized carbons (Fsp3) is 0.600. The zero-order valence-electron chi connectivity index (χ0n) is 11.3. The maximum absolute atomic E-state index is 5.80. The van der Waals surface area contributed by atoms with Gasteiger partial charge in [-0.3, -0.25) is 0 Å². The molecule has 1 N–H and O–H groups in total. The normalized spacial score (nSPS) is 16.3. The average molecular weight is 249 g/mol. The van der Waals surface area contributed by atoms with Gasteiger partial charge in [-0.15, -0.1) is 0 Å². The van der Waals surface area contributed by atoms with E-state index in [-0.39, 0.29) is 0 Å². The lowest BCUT2D eigenvalue weighted by Crippen LogP contribution is -2.33. The summed E-state index contributed by atoms with van der Waals surface area (Å²) in [4.78, 5) is 0. The van der Waals surface area contributed by atoms with E-state index in [0.717, 1.165) is 37.1 Å². The van der Waals surface area contributed by atoms with Gasteiger partial charge in [-0.1, -0.05) is 6.92 Å². The van der Waals surface area contributed by atoms with Crippen molar-refractivity contribution in [3.05, 3.63) is 24.3 Å². The first-order valence-electron chi connectivity index (χ1n) is 6.86. The van der Waals surface area contributed by atoms with Crippen molar-refractivity contribution < 1.29 is 9.47 Å². The Labute approximate surface area is 109 Å². The molecule has 1 unspecified atom stereocenters. The Balaban J connectivity index is 1.78. The standard InChI is InChI=1S/C15H23NO2/c1-3-10-17-13-6-8-14(9-7-13)18-11-15(16-2)12-4-5-12/h6-9,12,15-16H,3-5,10-11H2,1-2H3. The third-order valence-electron chi connectivity index (χ3n) is 3.29. The molecule has 0 aliphatic heterocycles. The van der Waals surface area contributed by atoms with E-state index in [0.29, 0.717) is 6.04 Å². The second-order valence-electron chi connectivity index (χ2n) is 4.86. The Morgan fingerprint density at radius 1 is 1.17 bits per heavy atom. The largest absolute Gasteiger partial charge is 0.494 e. The van der Waals surface area contributed by atoms with E-state index in [9.17, 15) is 0 Å². The van der Waals surface area contributed by atoms with Crippen molar-refractivity contribution in [1.82, 2.24) is 5.32 Å². The van der Waals surface area contributed by atoms with Gasteiger partial charge in [-0.2, -0.15) is 0 Å². The van der Waals surface area contributed by atoms with Gasteiger partial charge in [-0.05, 0) is 56.5 Å². The number of nitrogens with one attached hydrogen (secondary N) is 1. The number of hydrogen-bond acceptors (Lipinski definition) is 3. The van der Waals surface area contributed by atoms with E-state index in [1.54, 1.807) is 0 Å². The highest BCUT2D eigenvalue weighted by atomic mass is 16.5. The molecule has 0 saturated heterocycles. The molecule has 1 aromatic carbocycles. The molecule has 2 rings (SSSR count). The van der Waals surface area contributed by atoms with Gasteiger partial charge in [0.05, 0.1) is 6.61 Å². The minimum absolute atomic E-state index is 0.487. The second-order valence-corrected chi connectivity index (χ2v) is 4.86. The highest BCUT2D eigenvalue weighted by Crippen LogP contribution is 2.32. The molecule has 1 aliphatic carbocycles. The van der Waals surface area contributed by atoms with Crippen molar-refractivity contribution in [2.24, 2.45) is 5.92 Å². The lowest BCUT2D eigenvalue weighted by Gasteiger charge is -2.16. The molecule has 0 bridgehead atoms. The number of likely N-dealkylation sites (N-methyl/N-ethyl adjacent to an activating group) is 1. The van der Waals surface area contributed by atoms with Crippen molar-refractivity contribution in [1.29, 1.82) is 0 Å². The fourth-order valence-electron chi connectivity index (χ4n) is 1.99. The first kappa shape index (κ1) is 13.2. The Kier molecular flexibility index (Phi) is 4.88. The summed E-state index contributed by atoms with van der Waals surface area (Å²) >= 11 is 0. The lowest BCUT2D eigenvalue weighted by molar-refractivity contribution is 0.255. The van der Waals surface area contributed by atoms with E-state index in [2.05, 4.69) is 12.2 Å². The molecule has 1 atom stereocenters. The minimum Gasteiger partial charge on any atom is -0.494 e. The Morgan fingerprint density at radius 3 is 2.28 bits per heavy atom. The maximum Gasteiger partial charge on any atom is 0.119 e. The van der Waals surface area contributed by atoms with Gasteiger partial charge in [0, 0.05) is 6.04 Å². The molecule has 1 aliphatic rings. The van der Waals surface area contributed by atoms with Crippen LogP contribution in [0.4, 0.5) is 0 Å². The van der Waals surface area contributed by atoms with Gasteiger partial charge in [-0.25, -0.2) is 0 Å². The van der Waals surface area contributed by atoms with Crippen LogP contribution >= 0.6 is 0 Å². The Morgan fingerprint density at radius 2 is 1.78 bits per heavy atom. The van der Waals surface area contributed by atoms with Crippen molar-refractivity contribution in [3.63, 3.8) is 0 Å². The number of benzene rings is 1. The van der Waals surface area contributed by atoms with Gasteiger partial charge in [0.15, 0.2) is 0 Å². The number of hydrogen-bond donors (Lipinski definition) is 1. The number of ether oxygens (including phenoxy) is 2. The summed E-state index contributed by atoms with van der Waals surface area (Å²) in [5.74, 6) is 2.64. The quantitative estimate of drug-likeness (QED) is 0.768. The van der Waals surface area contributed by atoms with Gasteiger partial charge in [0.2, 0.25) is 0 Å². The van der Waals surface area contributed by atoms with Crippen LogP contribution in [0.5, 0.6) is 11.5 Å².